The first kappa shape index (κ1) is 26.8. The minimum Gasteiger partial charge on any atom is -0.549 e. The van der Waals surface area contributed by atoms with Crippen LogP contribution in [0.2, 0.25) is 0 Å². The Kier molecular flexibility index (Phi) is 18.6. The molecule has 0 saturated heterocycles. The maximum Gasteiger partial charge on any atom is 1.00 e. The van der Waals surface area contributed by atoms with E-state index < -0.39 is 23.3 Å². The van der Waals surface area contributed by atoms with Crippen molar-refractivity contribution in [2.24, 2.45) is 11.3 Å². The predicted octanol–water partition coefficient (Wildman–Crippen LogP) is -4.72. The van der Waals surface area contributed by atoms with E-state index in [1.807, 2.05) is 0 Å². The van der Waals surface area contributed by atoms with Crippen molar-refractivity contribution in [1.82, 2.24) is 0 Å². The van der Waals surface area contributed by atoms with Gasteiger partial charge in [-0.25, -0.2) is 0 Å². The third-order valence-electron chi connectivity index (χ3n) is 3.89. The van der Waals surface area contributed by atoms with E-state index in [0.29, 0.717) is 6.42 Å². The Labute approximate surface area is 173 Å². The summed E-state index contributed by atoms with van der Waals surface area (Å²) < 4.78 is 0. The van der Waals surface area contributed by atoms with Crippen LogP contribution in [0, 0.1) is 11.3 Å². The molecule has 0 bridgehead atoms. The fourth-order valence-electron chi connectivity index (χ4n) is 2.41. The number of carboxylic acid groups (broad SMARTS) is 2. The van der Waals surface area contributed by atoms with Crippen molar-refractivity contribution in [2.45, 2.75) is 72.1 Å². The van der Waals surface area contributed by atoms with Crippen molar-refractivity contribution in [2.75, 3.05) is 0 Å². The van der Waals surface area contributed by atoms with Crippen LogP contribution in [0.4, 0.5) is 0 Å². The molecule has 0 unspecified atom stereocenters. The molecule has 0 saturated carbocycles. The fraction of sp³-hybridized carbons (Fsp3) is 0.867. The van der Waals surface area contributed by atoms with Gasteiger partial charge < -0.3 is 19.8 Å². The quantitative estimate of drug-likeness (QED) is 0.218. The molecule has 0 amide bonds. The Balaban J connectivity index is -0.00000162. The summed E-state index contributed by atoms with van der Waals surface area (Å²) in [5.74, 6) is -3.57. The average molecular weight is 316 g/mol. The summed E-state index contributed by atoms with van der Waals surface area (Å²) >= 11 is 0. The summed E-state index contributed by atoms with van der Waals surface area (Å²) in [5.41, 5.74) is -1.84. The normalized spacial score (nSPS) is 10.7. The number of hydrogen-bond donors (Lipinski definition) is 0. The molecule has 0 aromatic rings. The van der Waals surface area contributed by atoms with Gasteiger partial charge in [0, 0.05) is 0 Å². The van der Waals surface area contributed by atoms with Gasteiger partial charge in [0.05, 0.1) is 17.4 Å². The van der Waals surface area contributed by atoms with Crippen molar-refractivity contribution in [1.29, 1.82) is 0 Å². The maximum absolute atomic E-state index is 11.2. The molecular weight excluding hydrogens is 290 g/mol. The van der Waals surface area contributed by atoms with Gasteiger partial charge in [-0.2, -0.15) is 0 Å². The van der Waals surface area contributed by atoms with Crippen molar-refractivity contribution in [3.63, 3.8) is 0 Å². The summed E-state index contributed by atoms with van der Waals surface area (Å²) in [6.45, 7) is 5.33. The second kappa shape index (κ2) is 14.5. The van der Waals surface area contributed by atoms with Crippen molar-refractivity contribution in [3.05, 3.63) is 0 Å². The van der Waals surface area contributed by atoms with Crippen LogP contribution in [0.25, 0.3) is 0 Å². The van der Waals surface area contributed by atoms with Crippen LogP contribution in [0.3, 0.4) is 0 Å². The van der Waals surface area contributed by atoms with Crippen LogP contribution < -0.4 is 69.3 Å². The second-order valence-corrected chi connectivity index (χ2v) is 5.57. The molecule has 0 fully saturated rings. The van der Waals surface area contributed by atoms with E-state index in [-0.39, 0.29) is 65.5 Å². The predicted molar refractivity (Wildman–Crippen MR) is 69.9 cm³/mol. The van der Waals surface area contributed by atoms with Gasteiger partial charge in [0.15, 0.2) is 0 Å². The van der Waals surface area contributed by atoms with Gasteiger partial charge in [0.25, 0.3) is 0 Å². The third kappa shape index (κ3) is 8.97. The SMILES string of the molecule is CCCCCCCCCC(C(=O)[O-])(C(=O)[O-])C(C)C.[Na+].[Na+]. The molecule has 0 spiro atoms. The topological polar surface area (TPSA) is 80.3 Å². The number of unbranched alkanes of at least 4 members (excludes halogenated alkanes) is 6. The van der Waals surface area contributed by atoms with E-state index in [0.717, 1.165) is 19.3 Å². The van der Waals surface area contributed by atoms with Crippen molar-refractivity contribution >= 4 is 11.9 Å². The van der Waals surface area contributed by atoms with Crippen LogP contribution in [-0.4, -0.2) is 11.9 Å². The number of carbonyl (C=O) groups is 2. The summed E-state index contributed by atoms with van der Waals surface area (Å²) in [5, 5.41) is 22.4. The number of hydrogen-bond acceptors (Lipinski definition) is 4. The Hall–Kier alpha value is 0.940. The first-order chi connectivity index (χ1) is 8.89. The van der Waals surface area contributed by atoms with Gasteiger partial charge in [-0.1, -0.05) is 65.7 Å². The molecule has 0 aliphatic rings. The van der Waals surface area contributed by atoms with E-state index in [2.05, 4.69) is 6.92 Å². The van der Waals surface area contributed by atoms with E-state index >= 15 is 0 Å². The van der Waals surface area contributed by atoms with Crippen molar-refractivity contribution < 1.29 is 78.9 Å². The number of carboxylic acids is 2. The number of rotatable bonds is 11. The Morgan fingerprint density at radius 3 is 1.57 bits per heavy atom. The van der Waals surface area contributed by atoms with Crippen LogP contribution in [0.1, 0.15) is 72.1 Å². The molecule has 0 N–H and O–H groups in total. The van der Waals surface area contributed by atoms with Gasteiger partial charge in [-0.15, -0.1) is 0 Å². The van der Waals surface area contributed by atoms with E-state index in [1.165, 1.54) is 19.3 Å². The van der Waals surface area contributed by atoms with Gasteiger partial charge in [-0.05, 0) is 12.3 Å². The monoisotopic (exact) mass is 316 g/mol. The number of aliphatic carboxylic acids is 2. The van der Waals surface area contributed by atoms with Crippen LogP contribution in [0.15, 0.2) is 0 Å². The molecule has 0 heterocycles. The van der Waals surface area contributed by atoms with Gasteiger partial charge in [-0.3, -0.25) is 0 Å². The summed E-state index contributed by atoms with van der Waals surface area (Å²) in [6.07, 6.45) is 7.29. The van der Waals surface area contributed by atoms with E-state index in [1.54, 1.807) is 13.8 Å². The van der Waals surface area contributed by atoms with Crippen LogP contribution >= 0.6 is 0 Å². The molecule has 0 rings (SSSR count). The van der Waals surface area contributed by atoms with E-state index in [9.17, 15) is 19.8 Å². The maximum atomic E-state index is 11.2. The summed E-state index contributed by atoms with van der Waals surface area (Å²) in [4.78, 5) is 22.4. The molecule has 0 aliphatic carbocycles. The average Bonchev–Trinajstić information content (AvgIpc) is 2.31. The summed E-state index contributed by atoms with van der Waals surface area (Å²) in [6, 6.07) is 0. The standard InChI is InChI=1S/C15H28O4.2Na/c1-4-5-6-7-8-9-10-11-15(12(2)3,13(16)17)14(18)19;;/h12H,4-11H2,1-3H3,(H,16,17)(H,18,19);;/q;2*+1/p-2. The number of carbonyl (C=O) groups excluding carboxylic acids is 2. The molecule has 0 aromatic heterocycles. The minimum absolute atomic E-state index is 0. The Bertz CT molecular complexity index is 279. The first-order valence-electron chi connectivity index (χ1n) is 7.32. The van der Waals surface area contributed by atoms with Gasteiger partial charge >= 0.3 is 59.1 Å². The molecule has 0 aromatic carbocycles. The summed E-state index contributed by atoms with van der Waals surface area (Å²) in [7, 11) is 0. The molecule has 0 atom stereocenters. The second-order valence-electron chi connectivity index (χ2n) is 5.57. The molecule has 4 nitrogen and oxygen atoms in total. The molecule has 112 valence electrons. The zero-order valence-corrected chi connectivity index (χ0v) is 18.4. The van der Waals surface area contributed by atoms with Crippen molar-refractivity contribution in [3.8, 4) is 0 Å². The smallest absolute Gasteiger partial charge is 0.549 e. The van der Waals surface area contributed by atoms with Gasteiger partial charge in [0.1, 0.15) is 0 Å². The molecule has 6 heteroatoms. The van der Waals surface area contributed by atoms with E-state index in [4.69, 9.17) is 0 Å². The minimum atomic E-state index is -1.84. The molecule has 21 heavy (non-hydrogen) atoms. The van der Waals surface area contributed by atoms with Crippen LogP contribution in [0.5, 0.6) is 0 Å². The zero-order valence-electron chi connectivity index (χ0n) is 14.4. The molecule has 0 aliphatic heterocycles. The zero-order chi connectivity index (χ0) is 14.9. The fourth-order valence-corrected chi connectivity index (χ4v) is 2.41. The van der Waals surface area contributed by atoms with Gasteiger partial charge in [0.2, 0.25) is 0 Å². The Morgan fingerprint density at radius 1 is 0.857 bits per heavy atom. The van der Waals surface area contributed by atoms with Crippen LogP contribution in [-0.2, 0) is 9.59 Å². The molecule has 0 radical (unpaired) electrons. The third-order valence-corrected chi connectivity index (χ3v) is 3.89. The first-order valence-corrected chi connectivity index (χ1v) is 7.32. The largest absolute Gasteiger partial charge is 1.00 e. The molecular formula is C15H26Na2O4. The Morgan fingerprint density at radius 2 is 1.24 bits per heavy atom.